The highest BCUT2D eigenvalue weighted by Crippen LogP contribution is 2.39. The van der Waals surface area contributed by atoms with Crippen LogP contribution in [0.3, 0.4) is 0 Å². The first-order valence-corrected chi connectivity index (χ1v) is 11.4. The first kappa shape index (κ1) is 22.7. The summed E-state index contributed by atoms with van der Waals surface area (Å²) in [6.45, 7) is 3.54. The Hall–Kier alpha value is -2.51. The summed E-state index contributed by atoms with van der Waals surface area (Å²) in [5, 5.41) is 4.32. The summed E-state index contributed by atoms with van der Waals surface area (Å²) in [6, 6.07) is 8.84. The van der Waals surface area contributed by atoms with Crippen LogP contribution in [0, 0.1) is 0 Å². The molecule has 3 N–H and O–H groups in total. The molecule has 3 atom stereocenters. The molecule has 9 heteroatoms. The first-order chi connectivity index (χ1) is 15.1. The van der Waals surface area contributed by atoms with Crippen molar-refractivity contribution in [2.45, 2.75) is 63.3 Å². The Kier molecular flexibility index (Phi) is 6.23. The van der Waals surface area contributed by atoms with Gasteiger partial charge in [0.05, 0.1) is 10.6 Å². The average molecular weight is 477 g/mol. The highest BCUT2D eigenvalue weighted by atomic mass is 35.5. The number of ether oxygens (including phenoxy) is 1. The van der Waals surface area contributed by atoms with Gasteiger partial charge in [-0.1, -0.05) is 23.2 Å². The van der Waals surface area contributed by atoms with Gasteiger partial charge in [0.1, 0.15) is 11.6 Å². The molecule has 1 aromatic heterocycles. The minimum atomic E-state index is -1.06. The molecule has 1 aromatic carbocycles. The highest BCUT2D eigenvalue weighted by molar-refractivity contribution is 6.35. The lowest BCUT2D eigenvalue weighted by Gasteiger charge is -2.42. The number of pyridine rings is 1. The number of aromatic nitrogens is 1. The lowest BCUT2D eigenvalue weighted by molar-refractivity contribution is -0.150. The molecule has 0 spiro atoms. The second-order valence-electron chi connectivity index (χ2n) is 8.89. The van der Waals surface area contributed by atoms with E-state index in [0.717, 1.165) is 25.7 Å². The fraction of sp³-hybridized carbons (Fsp3) is 0.435. The summed E-state index contributed by atoms with van der Waals surface area (Å²) in [6.07, 6.45) is 5.03. The number of amides is 2. The maximum absolute atomic E-state index is 13.5. The fourth-order valence-corrected chi connectivity index (χ4v) is 5.10. The Bertz CT molecular complexity index is 1010. The van der Waals surface area contributed by atoms with Gasteiger partial charge < -0.3 is 20.7 Å². The van der Waals surface area contributed by atoms with Crippen LogP contribution in [0.1, 0.15) is 49.9 Å². The second kappa shape index (κ2) is 8.79. The quantitative estimate of drug-likeness (QED) is 0.648. The van der Waals surface area contributed by atoms with Crippen molar-refractivity contribution in [2.75, 3.05) is 5.32 Å². The normalized spacial score (nSPS) is 22.5. The SMILES string of the molecule is CC(C)(Oc1ccc(Cl)cc1Cl)C(=O)N1[C@@H]2CC[C@H]1CC(Nc1ccc(C(N)=O)cn1)C2. The maximum atomic E-state index is 13.5. The lowest BCUT2D eigenvalue weighted by atomic mass is 9.94. The molecule has 0 aliphatic carbocycles. The van der Waals surface area contributed by atoms with Gasteiger partial charge in [-0.15, -0.1) is 0 Å². The van der Waals surface area contributed by atoms with Gasteiger partial charge in [-0.25, -0.2) is 4.98 Å². The van der Waals surface area contributed by atoms with Gasteiger partial charge in [0.15, 0.2) is 5.60 Å². The van der Waals surface area contributed by atoms with Crippen LogP contribution < -0.4 is 15.8 Å². The number of nitrogens with two attached hydrogens (primary N) is 1. The number of fused-ring (bicyclic) bond motifs is 2. The van der Waals surface area contributed by atoms with Crippen molar-refractivity contribution in [1.82, 2.24) is 9.88 Å². The molecule has 170 valence electrons. The summed E-state index contributed by atoms with van der Waals surface area (Å²) >= 11 is 12.2. The summed E-state index contributed by atoms with van der Waals surface area (Å²) in [4.78, 5) is 31.0. The minimum absolute atomic E-state index is 0.0431. The van der Waals surface area contributed by atoms with Crippen molar-refractivity contribution in [3.05, 3.63) is 52.1 Å². The van der Waals surface area contributed by atoms with Gasteiger partial charge in [-0.2, -0.15) is 0 Å². The van der Waals surface area contributed by atoms with Gasteiger partial charge >= 0.3 is 0 Å². The zero-order valence-corrected chi connectivity index (χ0v) is 19.5. The fourth-order valence-electron chi connectivity index (χ4n) is 4.65. The van der Waals surface area contributed by atoms with E-state index in [1.54, 1.807) is 44.2 Å². The molecule has 2 saturated heterocycles. The smallest absolute Gasteiger partial charge is 0.266 e. The zero-order valence-electron chi connectivity index (χ0n) is 18.0. The Balaban J connectivity index is 1.42. The van der Waals surface area contributed by atoms with Gasteiger partial charge in [-0.3, -0.25) is 9.59 Å². The van der Waals surface area contributed by atoms with Crippen LogP contribution in [0.4, 0.5) is 5.82 Å². The summed E-state index contributed by atoms with van der Waals surface area (Å²) < 4.78 is 6.03. The van der Waals surface area contributed by atoms with E-state index in [2.05, 4.69) is 10.3 Å². The number of hydrogen-bond acceptors (Lipinski definition) is 5. The number of carbonyl (C=O) groups is 2. The molecule has 4 rings (SSSR count). The molecule has 2 aromatic rings. The monoisotopic (exact) mass is 476 g/mol. The molecular formula is C23H26Cl2N4O3. The van der Waals surface area contributed by atoms with Crippen LogP contribution in [0.25, 0.3) is 0 Å². The van der Waals surface area contributed by atoms with E-state index in [4.69, 9.17) is 33.7 Å². The highest BCUT2D eigenvalue weighted by Gasteiger charge is 2.48. The van der Waals surface area contributed by atoms with Crippen LogP contribution in [0.5, 0.6) is 5.75 Å². The number of carbonyl (C=O) groups excluding carboxylic acids is 2. The topological polar surface area (TPSA) is 97.5 Å². The van der Waals surface area contributed by atoms with E-state index in [0.29, 0.717) is 27.2 Å². The molecule has 2 fully saturated rings. The van der Waals surface area contributed by atoms with E-state index >= 15 is 0 Å². The summed E-state index contributed by atoms with van der Waals surface area (Å²) in [5.74, 6) is 0.584. The predicted molar refractivity (Wildman–Crippen MR) is 124 cm³/mol. The van der Waals surface area contributed by atoms with Crippen LogP contribution in [0.15, 0.2) is 36.5 Å². The molecule has 2 bridgehead atoms. The third kappa shape index (κ3) is 4.64. The molecule has 1 unspecified atom stereocenters. The summed E-state index contributed by atoms with van der Waals surface area (Å²) in [5.41, 5.74) is 4.58. The molecule has 7 nitrogen and oxygen atoms in total. The number of halogens is 2. The molecule has 2 amide bonds. The van der Waals surface area contributed by atoms with Crippen LogP contribution in [-0.4, -0.2) is 45.4 Å². The van der Waals surface area contributed by atoms with Crippen molar-refractivity contribution in [3.63, 3.8) is 0 Å². The van der Waals surface area contributed by atoms with Crippen LogP contribution in [-0.2, 0) is 4.79 Å². The van der Waals surface area contributed by atoms with Crippen molar-refractivity contribution in [3.8, 4) is 5.75 Å². The number of hydrogen-bond donors (Lipinski definition) is 2. The number of primary amides is 1. The number of anilines is 1. The van der Waals surface area contributed by atoms with E-state index < -0.39 is 11.5 Å². The Morgan fingerprint density at radius 3 is 2.41 bits per heavy atom. The standard InChI is InChI=1S/C23H26Cl2N4O3/c1-23(2,32-19-7-4-14(24)9-18(19)25)22(31)29-16-5-6-17(29)11-15(10-16)28-20-8-3-13(12-27-20)21(26)30/h3-4,7-9,12,15-17H,5-6,10-11H2,1-2H3,(H2,26,30)(H,27,28)/t15?,16-,17+. The zero-order chi connectivity index (χ0) is 23.0. The first-order valence-electron chi connectivity index (χ1n) is 10.6. The second-order valence-corrected chi connectivity index (χ2v) is 9.74. The molecule has 3 heterocycles. The number of benzene rings is 1. The van der Waals surface area contributed by atoms with Gasteiger partial charge in [-0.05, 0) is 69.9 Å². The van der Waals surface area contributed by atoms with Gasteiger partial charge in [0, 0.05) is 29.3 Å². The lowest BCUT2D eigenvalue weighted by Crippen LogP contribution is -2.57. The van der Waals surface area contributed by atoms with Crippen molar-refractivity contribution >= 4 is 40.8 Å². The summed E-state index contributed by atoms with van der Waals surface area (Å²) in [7, 11) is 0. The molecular weight excluding hydrogens is 451 g/mol. The van der Waals surface area contributed by atoms with E-state index in [1.807, 2.05) is 4.90 Å². The predicted octanol–water partition coefficient (Wildman–Crippen LogP) is 4.28. The van der Waals surface area contributed by atoms with E-state index in [1.165, 1.54) is 6.20 Å². The Labute approximate surface area is 197 Å². The van der Waals surface area contributed by atoms with Gasteiger partial charge in [0.25, 0.3) is 5.91 Å². The minimum Gasteiger partial charge on any atom is -0.476 e. The van der Waals surface area contributed by atoms with Gasteiger partial charge in [0.2, 0.25) is 5.91 Å². The average Bonchev–Trinajstić information content (AvgIpc) is 3.00. The Morgan fingerprint density at radius 2 is 1.84 bits per heavy atom. The third-order valence-corrected chi connectivity index (χ3v) is 6.67. The largest absolute Gasteiger partial charge is 0.476 e. The number of nitrogens with zero attached hydrogens (tertiary/aromatic N) is 2. The van der Waals surface area contributed by atoms with Crippen LogP contribution in [0.2, 0.25) is 10.0 Å². The molecule has 0 radical (unpaired) electrons. The van der Waals surface area contributed by atoms with Crippen molar-refractivity contribution < 1.29 is 14.3 Å². The van der Waals surface area contributed by atoms with Crippen molar-refractivity contribution in [1.29, 1.82) is 0 Å². The number of piperidine rings is 1. The molecule has 2 aliphatic heterocycles. The van der Waals surface area contributed by atoms with Crippen LogP contribution >= 0.6 is 23.2 Å². The van der Waals surface area contributed by atoms with E-state index in [9.17, 15) is 9.59 Å². The molecule has 32 heavy (non-hydrogen) atoms. The number of nitrogens with one attached hydrogen (secondary N) is 1. The third-order valence-electron chi connectivity index (χ3n) is 6.14. The van der Waals surface area contributed by atoms with Crippen molar-refractivity contribution in [2.24, 2.45) is 5.73 Å². The van der Waals surface area contributed by atoms with E-state index in [-0.39, 0.29) is 24.0 Å². The number of rotatable bonds is 6. The maximum Gasteiger partial charge on any atom is 0.266 e. The molecule has 2 aliphatic rings. The Morgan fingerprint density at radius 1 is 1.16 bits per heavy atom. The molecule has 0 saturated carbocycles.